The van der Waals surface area contributed by atoms with Gasteiger partial charge in [0.2, 0.25) is 0 Å². The van der Waals surface area contributed by atoms with E-state index in [0.29, 0.717) is 0 Å². The van der Waals surface area contributed by atoms with Crippen LogP contribution in [0.25, 0.3) is 0 Å². The zero-order chi connectivity index (χ0) is 12.1. The fourth-order valence-corrected chi connectivity index (χ4v) is 0.956. The quantitative estimate of drug-likeness (QED) is 0.504. The summed E-state index contributed by atoms with van der Waals surface area (Å²) in [5.41, 5.74) is 1.21. The summed E-state index contributed by atoms with van der Waals surface area (Å²) in [4.78, 5) is 6.04. The lowest BCUT2D eigenvalue weighted by atomic mass is 10.2. The lowest BCUT2D eigenvalue weighted by molar-refractivity contribution is 0.393. The van der Waals surface area contributed by atoms with Gasteiger partial charge in [-0.15, -0.1) is 0 Å². The van der Waals surface area contributed by atoms with Crippen molar-refractivity contribution in [1.29, 1.82) is 0 Å². The Morgan fingerprint density at radius 3 is 2.13 bits per heavy atom. The van der Waals surface area contributed by atoms with E-state index in [-0.39, 0.29) is 0 Å². The first-order valence-electron chi connectivity index (χ1n) is 5.78. The van der Waals surface area contributed by atoms with Crippen LogP contribution in [0.5, 0.6) is 0 Å². The van der Waals surface area contributed by atoms with Crippen molar-refractivity contribution < 1.29 is 0 Å². The first-order chi connectivity index (χ1) is 7.08. The third-order valence-electron chi connectivity index (χ3n) is 2.00. The molecule has 0 aromatic heterocycles. The molecule has 0 unspecified atom stereocenters. The van der Waals surface area contributed by atoms with Crippen molar-refractivity contribution in [2.24, 2.45) is 4.99 Å². The van der Waals surface area contributed by atoms with E-state index < -0.39 is 0 Å². The molecule has 90 valence electrons. The first kappa shape index (κ1) is 16.8. The minimum Gasteiger partial charge on any atom is -0.309 e. The molecule has 0 atom stereocenters. The Morgan fingerprint density at radius 2 is 1.87 bits per heavy atom. The van der Waals surface area contributed by atoms with Gasteiger partial charge in [-0.1, -0.05) is 25.8 Å². The number of hydrogen-bond acceptors (Lipinski definition) is 2. The van der Waals surface area contributed by atoms with Crippen LogP contribution >= 0.6 is 0 Å². The number of allylic oxidation sites excluding steroid dienone is 2. The summed E-state index contributed by atoms with van der Waals surface area (Å²) < 4.78 is 0. The van der Waals surface area contributed by atoms with Gasteiger partial charge in [-0.3, -0.25) is 4.99 Å². The Kier molecular flexibility index (Phi) is 15.0. The Hall–Kier alpha value is -0.630. The summed E-state index contributed by atoms with van der Waals surface area (Å²) in [6, 6.07) is 0. The van der Waals surface area contributed by atoms with Gasteiger partial charge in [0, 0.05) is 13.3 Å². The van der Waals surface area contributed by atoms with Crippen LogP contribution in [0.2, 0.25) is 0 Å². The van der Waals surface area contributed by atoms with Crippen LogP contribution in [0.15, 0.2) is 16.6 Å². The number of rotatable bonds is 5. The third kappa shape index (κ3) is 19.7. The van der Waals surface area contributed by atoms with E-state index in [1.165, 1.54) is 31.4 Å². The van der Waals surface area contributed by atoms with E-state index in [1.807, 2.05) is 26.1 Å². The number of aliphatic imine (C=N–C) groups is 1. The van der Waals surface area contributed by atoms with E-state index >= 15 is 0 Å². The Labute approximate surface area is 96.1 Å². The highest BCUT2D eigenvalue weighted by atomic mass is 15.0. The molecule has 0 rings (SSSR count). The Bertz CT molecular complexity index is 169. The van der Waals surface area contributed by atoms with Gasteiger partial charge in [-0.05, 0) is 46.5 Å². The smallest absolute Gasteiger partial charge is 0.0277 e. The van der Waals surface area contributed by atoms with Crippen molar-refractivity contribution in [2.45, 2.75) is 40.0 Å². The van der Waals surface area contributed by atoms with Crippen molar-refractivity contribution in [3.63, 3.8) is 0 Å². The number of unbranched alkanes of at least 4 members (excludes halogenated alkanes) is 2. The van der Waals surface area contributed by atoms with Gasteiger partial charge in [-0.2, -0.15) is 0 Å². The lowest BCUT2D eigenvalue weighted by Gasteiger charge is -2.06. The summed E-state index contributed by atoms with van der Waals surface area (Å²) >= 11 is 0. The lowest BCUT2D eigenvalue weighted by Crippen LogP contribution is -2.12. The number of nitrogens with zero attached hydrogens (tertiary/aromatic N) is 2. The maximum Gasteiger partial charge on any atom is 0.0277 e. The van der Waals surface area contributed by atoms with Crippen LogP contribution in [-0.4, -0.2) is 38.8 Å². The van der Waals surface area contributed by atoms with Crippen LogP contribution in [-0.2, 0) is 0 Å². The highest BCUT2D eigenvalue weighted by Crippen LogP contribution is 1.93. The van der Waals surface area contributed by atoms with Crippen LogP contribution in [0.3, 0.4) is 0 Å². The SMILES string of the molecule is C/C=C(/C)C=NC.CCCCCN(C)C. The summed E-state index contributed by atoms with van der Waals surface area (Å²) in [5.74, 6) is 0. The largest absolute Gasteiger partial charge is 0.309 e. The van der Waals surface area contributed by atoms with E-state index in [4.69, 9.17) is 0 Å². The second-order valence-electron chi connectivity index (χ2n) is 3.93. The molecule has 2 nitrogen and oxygen atoms in total. The zero-order valence-electron chi connectivity index (χ0n) is 11.4. The molecule has 0 saturated heterocycles. The summed E-state index contributed by atoms with van der Waals surface area (Å²) in [5, 5.41) is 0. The van der Waals surface area contributed by atoms with Gasteiger partial charge in [0.1, 0.15) is 0 Å². The van der Waals surface area contributed by atoms with E-state index in [1.54, 1.807) is 7.05 Å². The highest BCUT2D eigenvalue weighted by Gasteiger charge is 1.86. The van der Waals surface area contributed by atoms with E-state index in [2.05, 4.69) is 30.9 Å². The zero-order valence-corrected chi connectivity index (χ0v) is 11.4. The molecular formula is C13H28N2. The Morgan fingerprint density at radius 1 is 1.27 bits per heavy atom. The van der Waals surface area contributed by atoms with Gasteiger partial charge in [-0.25, -0.2) is 0 Å². The molecule has 0 amide bonds. The maximum absolute atomic E-state index is 3.81. The summed E-state index contributed by atoms with van der Waals surface area (Å²) in [6.07, 6.45) is 7.91. The first-order valence-corrected chi connectivity index (χ1v) is 5.78. The van der Waals surface area contributed by atoms with E-state index in [9.17, 15) is 0 Å². The normalized spacial score (nSPS) is 11.8. The molecule has 0 aliphatic heterocycles. The van der Waals surface area contributed by atoms with Crippen molar-refractivity contribution >= 4 is 6.21 Å². The monoisotopic (exact) mass is 212 g/mol. The molecular weight excluding hydrogens is 184 g/mol. The second-order valence-corrected chi connectivity index (χ2v) is 3.93. The molecule has 0 aromatic rings. The molecule has 0 bridgehead atoms. The van der Waals surface area contributed by atoms with Crippen molar-refractivity contribution in [3.8, 4) is 0 Å². The minimum atomic E-state index is 1.21. The number of hydrogen-bond donors (Lipinski definition) is 0. The predicted octanol–water partition coefficient (Wildman–Crippen LogP) is 3.39. The minimum absolute atomic E-state index is 1.21. The van der Waals surface area contributed by atoms with Crippen LogP contribution in [0, 0.1) is 0 Å². The Balaban J connectivity index is 0. The topological polar surface area (TPSA) is 15.6 Å². The van der Waals surface area contributed by atoms with E-state index in [0.717, 1.165) is 0 Å². The van der Waals surface area contributed by atoms with Crippen molar-refractivity contribution in [2.75, 3.05) is 27.7 Å². The molecule has 0 aliphatic rings. The second kappa shape index (κ2) is 13.4. The molecule has 0 radical (unpaired) electrons. The molecule has 0 aliphatic carbocycles. The van der Waals surface area contributed by atoms with Gasteiger partial charge in [0.25, 0.3) is 0 Å². The molecule has 0 fully saturated rings. The van der Waals surface area contributed by atoms with Gasteiger partial charge < -0.3 is 4.90 Å². The molecule has 0 spiro atoms. The van der Waals surface area contributed by atoms with Crippen molar-refractivity contribution in [3.05, 3.63) is 11.6 Å². The molecule has 2 heteroatoms. The molecule has 0 heterocycles. The van der Waals surface area contributed by atoms with Crippen LogP contribution in [0.4, 0.5) is 0 Å². The van der Waals surface area contributed by atoms with Gasteiger partial charge >= 0.3 is 0 Å². The highest BCUT2D eigenvalue weighted by molar-refractivity contribution is 5.77. The van der Waals surface area contributed by atoms with Crippen LogP contribution < -0.4 is 0 Å². The maximum atomic E-state index is 3.81. The summed E-state index contributed by atoms with van der Waals surface area (Å²) in [7, 11) is 6.01. The molecule has 0 N–H and O–H groups in total. The predicted molar refractivity (Wildman–Crippen MR) is 71.9 cm³/mol. The van der Waals surface area contributed by atoms with Crippen LogP contribution in [0.1, 0.15) is 40.0 Å². The molecule has 15 heavy (non-hydrogen) atoms. The standard InChI is InChI=1S/C7H17N.C6H11N/c1-4-5-6-7-8(2)3;1-4-6(2)5-7-3/h4-7H2,1-3H3;4-5H,1-3H3/b;6-4-,7-5?. The average molecular weight is 212 g/mol. The fraction of sp³-hybridized carbons (Fsp3) is 0.769. The van der Waals surface area contributed by atoms with Crippen molar-refractivity contribution in [1.82, 2.24) is 4.90 Å². The average Bonchev–Trinajstić information content (AvgIpc) is 2.19. The third-order valence-corrected chi connectivity index (χ3v) is 2.00. The molecule has 0 aromatic carbocycles. The van der Waals surface area contributed by atoms with Gasteiger partial charge in [0.15, 0.2) is 0 Å². The fourth-order valence-electron chi connectivity index (χ4n) is 0.956. The molecule has 0 saturated carbocycles. The van der Waals surface area contributed by atoms with Gasteiger partial charge in [0.05, 0.1) is 0 Å². The summed E-state index contributed by atoms with van der Waals surface area (Å²) in [6.45, 7) is 7.49.